The molecule has 0 saturated carbocycles. The molecule has 0 amide bonds. The molecule has 9 heteroatoms. The highest BCUT2D eigenvalue weighted by atomic mass is 32.2. The fourth-order valence-corrected chi connectivity index (χ4v) is 2.13. The van der Waals surface area contributed by atoms with Crippen LogP contribution in [0.5, 0.6) is 0 Å². The van der Waals surface area contributed by atoms with Gasteiger partial charge in [0.1, 0.15) is 16.4 Å². The minimum absolute atomic E-state index is 0.0387. The monoisotopic (exact) mass is 315 g/mol. The third-order valence-corrected chi connectivity index (χ3v) is 3.16. The zero-order valence-electron chi connectivity index (χ0n) is 11.1. The number of hydrogen-bond acceptors (Lipinski definition) is 6. The quantitative estimate of drug-likeness (QED) is 0.855. The Morgan fingerprint density at radius 1 is 1.24 bits per heavy atom. The SMILES string of the molecule is CCCNc1nc(Sc2ccncn2)cc(C(F)(F)F)n1. The first-order valence-corrected chi connectivity index (χ1v) is 6.94. The summed E-state index contributed by atoms with van der Waals surface area (Å²) in [5.74, 6) is -0.0387. The second-order valence-electron chi connectivity index (χ2n) is 3.99. The number of nitrogens with zero attached hydrogens (tertiary/aromatic N) is 4. The molecule has 0 unspecified atom stereocenters. The number of aromatic nitrogens is 4. The van der Waals surface area contributed by atoms with Crippen molar-refractivity contribution in [2.24, 2.45) is 0 Å². The second kappa shape index (κ2) is 6.70. The molecule has 112 valence electrons. The van der Waals surface area contributed by atoms with E-state index in [1.165, 1.54) is 12.5 Å². The van der Waals surface area contributed by atoms with Gasteiger partial charge in [-0.2, -0.15) is 13.2 Å². The van der Waals surface area contributed by atoms with Gasteiger partial charge in [-0.15, -0.1) is 0 Å². The summed E-state index contributed by atoms with van der Waals surface area (Å²) in [5, 5.41) is 3.45. The lowest BCUT2D eigenvalue weighted by molar-refractivity contribution is -0.141. The average Bonchev–Trinajstić information content (AvgIpc) is 2.45. The zero-order chi connectivity index (χ0) is 15.3. The first-order chi connectivity index (χ1) is 9.99. The van der Waals surface area contributed by atoms with E-state index >= 15 is 0 Å². The van der Waals surface area contributed by atoms with Gasteiger partial charge in [0.2, 0.25) is 5.95 Å². The van der Waals surface area contributed by atoms with Crippen LogP contribution in [0.1, 0.15) is 19.0 Å². The standard InChI is InChI=1S/C12H12F3N5S/c1-2-4-17-11-19-8(12(13,14)15)6-10(20-11)21-9-3-5-16-7-18-9/h3,5-7H,2,4H2,1H3,(H,17,19,20). The molecule has 0 aromatic carbocycles. The Bertz CT molecular complexity index is 591. The minimum Gasteiger partial charge on any atom is -0.354 e. The fourth-order valence-electron chi connectivity index (χ4n) is 1.38. The van der Waals surface area contributed by atoms with Crippen molar-refractivity contribution < 1.29 is 13.2 Å². The number of alkyl halides is 3. The van der Waals surface area contributed by atoms with Gasteiger partial charge >= 0.3 is 6.18 Å². The normalized spacial score (nSPS) is 11.4. The van der Waals surface area contributed by atoms with Crippen molar-refractivity contribution in [3.8, 4) is 0 Å². The van der Waals surface area contributed by atoms with Gasteiger partial charge in [-0.05, 0) is 24.2 Å². The summed E-state index contributed by atoms with van der Waals surface area (Å²) in [7, 11) is 0. The van der Waals surface area contributed by atoms with Crippen molar-refractivity contribution in [2.45, 2.75) is 29.6 Å². The van der Waals surface area contributed by atoms with Crippen LogP contribution in [0.4, 0.5) is 19.1 Å². The third-order valence-electron chi connectivity index (χ3n) is 2.29. The predicted octanol–water partition coefficient (Wildman–Crippen LogP) is 3.26. The largest absolute Gasteiger partial charge is 0.433 e. The van der Waals surface area contributed by atoms with E-state index in [-0.39, 0.29) is 11.0 Å². The van der Waals surface area contributed by atoms with Crippen LogP contribution < -0.4 is 5.32 Å². The highest BCUT2D eigenvalue weighted by Gasteiger charge is 2.33. The average molecular weight is 315 g/mol. The maximum atomic E-state index is 12.9. The predicted molar refractivity (Wildman–Crippen MR) is 72.0 cm³/mol. The summed E-state index contributed by atoms with van der Waals surface area (Å²) in [6.07, 6.45) is -0.928. The smallest absolute Gasteiger partial charge is 0.354 e. The van der Waals surface area contributed by atoms with Crippen LogP contribution >= 0.6 is 11.8 Å². The Morgan fingerprint density at radius 3 is 2.67 bits per heavy atom. The van der Waals surface area contributed by atoms with Gasteiger partial charge in [0, 0.05) is 18.8 Å². The Hall–Kier alpha value is -1.90. The molecule has 0 aliphatic heterocycles. The van der Waals surface area contributed by atoms with Crippen molar-refractivity contribution in [3.63, 3.8) is 0 Å². The van der Waals surface area contributed by atoms with Crippen molar-refractivity contribution in [3.05, 3.63) is 30.4 Å². The fraction of sp³-hybridized carbons (Fsp3) is 0.333. The van der Waals surface area contributed by atoms with E-state index in [0.717, 1.165) is 24.2 Å². The lowest BCUT2D eigenvalue weighted by Gasteiger charge is -2.10. The highest BCUT2D eigenvalue weighted by Crippen LogP contribution is 2.32. The lowest BCUT2D eigenvalue weighted by atomic mass is 10.4. The van der Waals surface area contributed by atoms with Gasteiger partial charge in [-0.25, -0.2) is 19.9 Å². The summed E-state index contributed by atoms with van der Waals surface area (Å²) >= 11 is 1.02. The summed E-state index contributed by atoms with van der Waals surface area (Å²) in [4.78, 5) is 15.3. The molecule has 2 heterocycles. The van der Waals surface area contributed by atoms with Crippen molar-refractivity contribution >= 4 is 17.7 Å². The van der Waals surface area contributed by atoms with Gasteiger partial charge in [0.25, 0.3) is 0 Å². The van der Waals surface area contributed by atoms with Crippen molar-refractivity contribution in [1.29, 1.82) is 0 Å². The molecular weight excluding hydrogens is 303 g/mol. The van der Waals surface area contributed by atoms with E-state index in [1.54, 1.807) is 6.07 Å². The molecule has 2 aromatic rings. The molecule has 0 atom stereocenters. The van der Waals surface area contributed by atoms with Gasteiger partial charge in [0.05, 0.1) is 0 Å². The molecule has 2 aromatic heterocycles. The van der Waals surface area contributed by atoms with Gasteiger partial charge in [-0.1, -0.05) is 6.92 Å². The van der Waals surface area contributed by atoms with E-state index in [9.17, 15) is 13.2 Å². The molecule has 0 radical (unpaired) electrons. The number of rotatable bonds is 5. The Labute approximate surface area is 123 Å². The number of nitrogens with one attached hydrogen (secondary N) is 1. The van der Waals surface area contributed by atoms with Crippen LogP contribution in [0.25, 0.3) is 0 Å². The van der Waals surface area contributed by atoms with Crippen LogP contribution in [-0.4, -0.2) is 26.5 Å². The summed E-state index contributed by atoms with van der Waals surface area (Å²) in [6.45, 7) is 2.40. The molecule has 2 rings (SSSR count). The van der Waals surface area contributed by atoms with Crippen LogP contribution in [0.2, 0.25) is 0 Å². The van der Waals surface area contributed by atoms with E-state index in [2.05, 4.69) is 25.3 Å². The molecule has 0 fully saturated rings. The van der Waals surface area contributed by atoms with E-state index < -0.39 is 11.9 Å². The first kappa shape index (κ1) is 15.5. The molecular formula is C12H12F3N5S. The summed E-state index contributed by atoms with van der Waals surface area (Å²) in [5.41, 5.74) is -0.979. The van der Waals surface area contributed by atoms with Crippen LogP contribution in [0.15, 0.2) is 34.7 Å². The maximum absolute atomic E-state index is 12.9. The molecule has 0 spiro atoms. The number of hydrogen-bond donors (Lipinski definition) is 1. The van der Waals surface area contributed by atoms with E-state index in [1.807, 2.05) is 6.92 Å². The second-order valence-corrected chi connectivity index (χ2v) is 5.03. The molecule has 1 N–H and O–H groups in total. The number of halogens is 3. The first-order valence-electron chi connectivity index (χ1n) is 6.13. The van der Waals surface area contributed by atoms with Gasteiger partial charge in [0.15, 0.2) is 5.69 Å². The Balaban J connectivity index is 2.30. The molecule has 0 bridgehead atoms. The molecule has 5 nitrogen and oxygen atoms in total. The van der Waals surface area contributed by atoms with Crippen LogP contribution in [0, 0.1) is 0 Å². The van der Waals surface area contributed by atoms with Crippen LogP contribution in [0.3, 0.4) is 0 Å². The molecule has 0 saturated heterocycles. The van der Waals surface area contributed by atoms with Crippen LogP contribution in [-0.2, 0) is 6.18 Å². The van der Waals surface area contributed by atoms with E-state index in [4.69, 9.17) is 0 Å². The summed E-state index contributed by atoms with van der Waals surface area (Å²) < 4.78 is 38.6. The topological polar surface area (TPSA) is 63.6 Å². The molecule has 0 aliphatic carbocycles. The Kier molecular flexibility index (Phi) is 4.94. The Morgan fingerprint density at radius 2 is 2.05 bits per heavy atom. The van der Waals surface area contributed by atoms with Crippen molar-refractivity contribution in [2.75, 3.05) is 11.9 Å². The van der Waals surface area contributed by atoms with E-state index in [0.29, 0.717) is 11.6 Å². The maximum Gasteiger partial charge on any atom is 0.433 e. The molecule has 21 heavy (non-hydrogen) atoms. The van der Waals surface area contributed by atoms with Crippen molar-refractivity contribution in [1.82, 2.24) is 19.9 Å². The lowest BCUT2D eigenvalue weighted by Crippen LogP contribution is -2.13. The zero-order valence-corrected chi connectivity index (χ0v) is 11.9. The molecule has 0 aliphatic rings. The van der Waals surface area contributed by atoms with Gasteiger partial charge < -0.3 is 5.32 Å². The summed E-state index contributed by atoms with van der Waals surface area (Å²) in [6, 6.07) is 2.50. The highest BCUT2D eigenvalue weighted by molar-refractivity contribution is 7.99. The number of anilines is 1. The minimum atomic E-state index is -4.52. The van der Waals surface area contributed by atoms with Gasteiger partial charge in [-0.3, -0.25) is 0 Å². The third kappa shape index (κ3) is 4.55.